The second kappa shape index (κ2) is 11.5. The van der Waals surface area contributed by atoms with E-state index >= 15 is 0 Å². The average molecular weight is 595 g/mol. The molecule has 0 aliphatic carbocycles. The molecule has 0 saturated carbocycles. The van der Waals surface area contributed by atoms with E-state index in [0.29, 0.717) is 0 Å². The van der Waals surface area contributed by atoms with Crippen LogP contribution in [-0.4, -0.2) is 18.3 Å². The van der Waals surface area contributed by atoms with Crippen molar-refractivity contribution in [2.24, 2.45) is 10.8 Å². The molecule has 0 unspecified atom stereocenters. The molecular weight excluding hydrogens is 535 g/mol. The molecule has 1 fully saturated rings. The van der Waals surface area contributed by atoms with E-state index in [4.69, 9.17) is 9.31 Å². The molecule has 1 aliphatic rings. The largest absolute Gasteiger partial charge is 0.494 e. The van der Waals surface area contributed by atoms with Gasteiger partial charge in [-0.15, -0.1) is 0 Å². The van der Waals surface area contributed by atoms with Gasteiger partial charge in [-0.2, -0.15) is 0 Å². The molecule has 0 aromatic heterocycles. The Hall–Kier alpha value is -2.36. The van der Waals surface area contributed by atoms with Gasteiger partial charge >= 0.3 is 7.12 Å². The van der Waals surface area contributed by atoms with Gasteiger partial charge in [0.05, 0.1) is 11.2 Å². The Morgan fingerprint density at radius 1 is 0.545 bits per heavy atom. The van der Waals surface area contributed by atoms with Crippen molar-refractivity contribution in [1.29, 1.82) is 0 Å². The van der Waals surface area contributed by atoms with Gasteiger partial charge < -0.3 is 9.31 Å². The summed E-state index contributed by atoms with van der Waals surface area (Å²) < 4.78 is 13.1. The van der Waals surface area contributed by atoms with E-state index in [0.717, 1.165) is 18.3 Å². The van der Waals surface area contributed by atoms with E-state index in [1.807, 2.05) is 0 Å². The van der Waals surface area contributed by atoms with Crippen molar-refractivity contribution in [2.45, 2.75) is 139 Å². The van der Waals surface area contributed by atoms with Crippen molar-refractivity contribution in [1.82, 2.24) is 0 Å². The molecule has 1 aliphatic heterocycles. The summed E-state index contributed by atoms with van der Waals surface area (Å²) in [6.07, 6.45) is 2.25. The quantitative estimate of drug-likeness (QED) is 0.253. The summed E-state index contributed by atoms with van der Waals surface area (Å²) in [5.41, 5.74) is 9.93. The first-order valence-corrected chi connectivity index (χ1v) is 16.6. The van der Waals surface area contributed by atoms with Crippen molar-refractivity contribution in [3.63, 3.8) is 0 Å². The highest BCUT2D eigenvalue weighted by Gasteiger charge is 2.52. The lowest BCUT2D eigenvalue weighted by molar-refractivity contribution is 0.00578. The minimum atomic E-state index is -0.423. The molecule has 3 aromatic rings. The summed E-state index contributed by atoms with van der Waals surface area (Å²) in [7, 11) is -0.423. The van der Waals surface area contributed by atoms with Crippen LogP contribution in [-0.2, 0) is 20.1 Å². The lowest BCUT2D eigenvalue weighted by Gasteiger charge is -2.33. The monoisotopic (exact) mass is 594 g/mol. The van der Waals surface area contributed by atoms with Gasteiger partial charge in [0, 0.05) is 0 Å². The zero-order valence-corrected chi connectivity index (χ0v) is 30.6. The maximum Gasteiger partial charge on any atom is 0.494 e. The lowest BCUT2D eigenvalue weighted by Crippen LogP contribution is -2.41. The molecule has 0 atom stereocenters. The molecule has 238 valence electrons. The van der Waals surface area contributed by atoms with E-state index in [1.165, 1.54) is 38.9 Å². The van der Waals surface area contributed by atoms with Crippen molar-refractivity contribution in [2.75, 3.05) is 0 Å². The topological polar surface area (TPSA) is 18.5 Å². The third-order valence-corrected chi connectivity index (χ3v) is 9.85. The molecule has 2 nitrogen and oxygen atoms in total. The Balaban J connectivity index is 1.80. The standard InChI is InChI=1S/C41H59BO2/c1-28-34(29-16-20-31(21-17-29)38(8,9)26-36(2,3)4)24-33(42-43-40(12,13)41(14,15)44-42)25-35(28)30-18-22-32(23-19-30)39(10,11)27-37(5,6)7/h16-25H,26-27H2,1-15H3. The molecule has 3 aromatic carbocycles. The molecule has 0 N–H and O–H groups in total. The fraction of sp³-hybridized carbons (Fsp3) is 0.561. The first kappa shape index (κ1) is 34.5. The summed E-state index contributed by atoms with van der Waals surface area (Å²) in [5, 5.41) is 0. The normalized spacial score (nSPS) is 17.3. The predicted molar refractivity (Wildman–Crippen MR) is 192 cm³/mol. The Morgan fingerprint density at radius 3 is 1.16 bits per heavy atom. The molecule has 1 saturated heterocycles. The van der Waals surface area contributed by atoms with E-state index in [1.54, 1.807) is 0 Å². The number of hydrogen-bond acceptors (Lipinski definition) is 2. The van der Waals surface area contributed by atoms with Crippen molar-refractivity contribution in [3.8, 4) is 22.3 Å². The molecule has 0 radical (unpaired) electrons. The summed E-state index contributed by atoms with van der Waals surface area (Å²) >= 11 is 0. The van der Waals surface area contributed by atoms with Crippen LogP contribution in [0.4, 0.5) is 0 Å². The third kappa shape index (κ3) is 7.53. The summed E-state index contributed by atoms with van der Waals surface area (Å²) in [5.74, 6) is 0. The summed E-state index contributed by atoms with van der Waals surface area (Å²) in [6, 6.07) is 23.1. The van der Waals surface area contributed by atoms with Crippen LogP contribution in [0.2, 0.25) is 0 Å². The van der Waals surface area contributed by atoms with Crippen LogP contribution in [0.5, 0.6) is 0 Å². The molecule has 0 spiro atoms. The van der Waals surface area contributed by atoms with E-state index in [9.17, 15) is 0 Å². The Morgan fingerprint density at radius 2 is 0.864 bits per heavy atom. The zero-order chi connectivity index (χ0) is 33.1. The SMILES string of the molecule is Cc1c(-c2ccc(C(C)(C)CC(C)(C)C)cc2)cc(B2OC(C)(C)C(C)(C)O2)cc1-c1ccc(C(C)(C)CC(C)(C)C)cc1. The van der Waals surface area contributed by atoms with E-state index in [2.05, 4.69) is 165 Å². The highest BCUT2D eigenvalue weighted by atomic mass is 16.7. The predicted octanol–water partition coefficient (Wildman–Crippen LogP) is 11.1. The first-order valence-electron chi connectivity index (χ1n) is 16.6. The molecule has 4 rings (SSSR count). The number of hydrogen-bond donors (Lipinski definition) is 0. The Bertz CT molecular complexity index is 1350. The van der Waals surface area contributed by atoms with Gasteiger partial charge in [0.2, 0.25) is 0 Å². The van der Waals surface area contributed by atoms with Crippen molar-refractivity contribution < 1.29 is 9.31 Å². The van der Waals surface area contributed by atoms with Crippen molar-refractivity contribution >= 4 is 12.6 Å². The van der Waals surface area contributed by atoms with Crippen LogP contribution in [0.25, 0.3) is 22.3 Å². The smallest absolute Gasteiger partial charge is 0.399 e. The van der Waals surface area contributed by atoms with Crippen LogP contribution in [0.3, 0.4) is 0 Å². The van der Waals surface area contributed by atoms with Gasteiger partial charge in [0.1, 0.15) is 0 Å². The number of rotatable bonds is 7. The third-order valence-electron chi connectivity index (χ3n) is 9.85. The summed E-state index contributed by atoms with van der Waals surface area (Å²) in [6.45, 7) is 34.2. The van der Waals surface area contributed by atoms with Crippen molar-refractivity contribution in [3.05, 3.63) is 77.4 Å². The maximum absolute atomic E-state index is 6.57. The lowest BCUT2D eigenvalue weighted by atomic mass is 9.71. The van der Waals surface area contributed by atoms with Gasteiger partial charge in [-0.3, -0.25) is 0 Å². The van der Waals surface area contributed by atoms with Gasteiger partial charge in [-0.1, -0.05) is 130 Å². The van der Waals surface area contributed by atoms with Crippen LogP contribution in [0.15, 0.2) is 60.7 Å². The second-order valence-corrected chi connectivity index (χ2v) is 18.2. The first-order chi connectivity index (χ1) is 19.9. The maximum atomic E-state index is 6.57. The van der Waals surface area contributed by atoms with Gasteiger partial charge in [0.25, 0.3) is 0 Å². The fourth-order valence-electron chi connectivity index (χ4n) is 7.51. The minimum Gasteiger partial charge on any atom is -0.399 e. The molecule has 44 heavy (non-hydrogen) atoms. The molecule has 1 heterocycles. The Labute approximate surface area is 270 Å². The molecule has 0 amide bonds. The number of benzene rings is 3. The zero-order valence-electron chi connectivity index (χ0n) is 30.6. The Kier molecular flexibility index (Phi) is 8.99. The molecule has 3 heteroatoms. The van der Waals surface area contributed by atoms with Crippen LogP contribution in [0.1, 0.15) is 126 Å². The van der Waals surface area contributed by atoms with Crippen LogP contribution < -0.4 is 5.46 Å². The summed E-state index contributed by atoms with van der Waals surface area (Å²) in [4.78, 5) is 0. The van der Waals surface area contributed by atoms with Gasteiger partial charge in [-0.25, -0.2) is 0 Å². The fourth-order valence-corrected chi connectivity index (χ4v) is 7.51. The average Bonchev–Trinajstić information content (AvgIpc) is 3.08. The van der Waals surface area contributed by atoms with E-state index in [-0.39, 0.29) is 21.7 Å². The van der Waals surface area contributed by atoms with Crippen LogP contribution in [0, 0.1) is 17.8 Å². The highest BCUT2D eigenvalue weighted by Crippen LogP contribution is 2.41. The van der Waals surface area contributed by atoms with E-state index < -0.39 is 18.3 Å². The minimum absolute atomic E-state index is 0.101. The molecular formula is C41H59BO2. The van der Waals surface area contributed by atoms with Gasteiger partial charge in [-0.05, 0) is 114 Å². The molecule has 0 bridgehead atoms. The van der Waals surface area contributed by atoms with Crippen LogP contribution >= 0.6 is 0 Å². The highest BCUT2D eigenvalue weighted by molar-refractivity contribution is 6.62. The second-order valence-electron chi connectivity index (χ2n) is 18.2. The van der Waals surface area contributed by atoms with Gasteiger partial charge in [0.15, 0.2) is 0 Å².